The van der Waals surface area contributed by atoms with E-state index in [1.54, 1.807) is 0 Å². The van der Waals surface area contributed by atoms with Crippen LogP contribution < -0.4 is 0 Å². The van der Waals surface area contributed by atoms with Gasteiger partial charge in [-0.15, -0.1) is 0 Å². The highest BCUT2D eigenvalue weighted by Crippen LogP contribution is 2.45. The van der Waals surface area contributed by atoms with Gasteiger partial charge in [0.15, 0.2) is 12.2 Å². The van der Waals surface area contributed by atoms with Crippen LogP contribution in [0, 0.1) is 17.8 Å². The number of carbonyl (C=O) groups excluding carboxylic acids is 4. The molecule has 0 radical (unpaired) electrons. The Balaban J connectivity index is 5.19. The number of aliphatic hydroxyl groups is 1. The van der Waals surface area contributed by atoms with E-state index in [9.17, 15) is 43.2 Å². The first-order valence-electron chi connectivity index (χ1n) is 40.8. The monoisotopic (exact) mass is 1440 g/mol. The molecule has 0 heterocycles. The molecule has 0 fully saturated rings. The Labute approximate surface area is 600 Å². The summed E-state index contributed by atoms with van der Waals surface area (Å²) in [5.41, 5.74) is 0. The van der Waals surface area contributed by atoms with Gasteiger partial charge in [-0.2, -0.15) is 0 Å². The number of esters is 4. The van der Waals surface area contributed by atoms with E-state index in [1.807, 2.05) is 0 Å². The smallest absolute Gasteiger partial charge is 0.462 e. The van der Waals surface area contributed by atoms with Crippen LogP contribution in [0.4, 0.5) is 0 Å². The number of phosphoric ester groups is 2. The van der Waals surface area contributed by atoms with Gasteiger partial charge in [0.1, 0.15) is 19.3 Å². The van der Waals surface area contributed by atoms with Crippen LogP contribution in [0.25, 0.3) is 0 Å². The van der Waals surface area contributed by atoms with E-state index in [4.69, 9.17) is 37.0 Å². The minimum Gasteiger partial charge on any atom is -0.462 e. The number of rotatable bonds is 77. The number of aliphatic hydroxyl groups excluding tert-OH is 1. The van der Waals surface area contributed by atoms with Crippen LogP contribution in [0.2, 0.25) is 0 Å². The molecular formula is C79H154O17P2. The van der Waals surface area contributed by atoms with Crippen molar-refractivity contribution in [1.82, 2.24) is 0 Å². The Kier molecular flexibility index (Phi) is 68.1. The van der Waals surface area contributed by atoms with Crippen LogP contribution in [-0.4, -0.2) is 96.7 Å². The van der Waals surface area contributed by atoms with E-state index in [0.717, 1.165) is 114 Å². The average molecular weight is 1440 g/mol. The summed E-state index contributed by atoms with van der Waals surface area (Å²) in [4.78, 5) is 72.8. The third-order valence-electron chi connectivity index (χ3n) is 18.4. The third-order valence-corrected chi connectivity index (χ3v) is 20.3. The molecule has 0 aromatic heterocycles. The first-order valence-corrected chi connectivity index (χ1v) is 43.8. The zero-order valence-electron chi connectivity index (χ0n) is 64.3. The highest BCUT2D eigenvalue weighted by molar-refractivity contribution is 7.47. The van der Waals surface area contributed by atoms with Gasteiger partial charge in [-0.3, -0.25) is 37.3 Å². The van der Waals surface area contributed by atoms with Crippen LogP contribution in [0.1, 0.15) is 408 Å². The molecular weight excluding hydrogens is 1280 g/mol. The lowest BCUT2D eigenvalue weighted by Gasteiger charge is -2.21. The maximum atomic E-state index is 13.1. The average Bonchev–Trinajstić information content (AvgIpc) is 1.09. The summed E-state index contributed by atoms with van der Waals surface area (Å²) in [6.45, 7) is 11.9. The Bertz CT molecular complexity index is 1900. The normalized spacial score (nSPS) is 14.0. The Hall–Kier alpha value is -1.94. The van der Waals surface area contributed by atoms with E-state index in [1.165, 1.54) is 212 Å². The van der Waals surface area contributed by atoms with Crippen LogP contribution in [0.3, 0.4) is 0 Å². The van der Waals surface area contributed by atoms with E-state index >= 15 is 0 Å². The summed E-state index contributed by atoms with van der Waals surface area (Å²) >= 11 is 0. The van der Waals surface area contributed by atoms with Crippen molar-refractivity contribution >= 4 is 39.5 Å². The van der Waals surface area contributed by atoms with Gasteiger partial charge in [0.25, 0.3) is 0 Å². The Morgan fingerprint density at radius 1 is 0.276 bits per heavy atom. The molecule has 0 aliphatic heterocycles. The second kappa shape index (κ2) is 69.4. The molecule has 0 amide bonds. The molecule has 0 spiro atoms. The van der Waals surface area contributed by atoms with Gasteiger partial charge in [-0.25, -0.2) is 9.13 Å². The van der Waals surface area contributed by atoms with Gasteiger partial charge in [-0.05, 0) is 43.4 Å². The molecule has 17 nitrogen and oxygen atoms in total. The predicted octanol–water partition coefficient (Wildman–Crippen LogP) is 23.4. The molecule has 0 rings (SSSR count). The predicted molar refractivity (Wildman–Crippen MR) is 400 cm³/mol. The number of unbranched alkanes of at least 4 members (excludes halogenated alkanes) is 45. The minimum absolute atomic E-state index is 0.106. The van der Waals surface area contributed by atoms with Gasteiger partial charge in [0.2, 0.25) is 0 Å². The third kappa shape index (κ3) is 72.4. The van der Waals surface area contributed by atoms with Crippen LogP contribution in [0.15, 0.2) is 0 Å². The summed E-state index contributed by atoms with van der Waals surface area (Å²) in [7, 11) is -9.91. The molecule has 2 unspecified atom stereocenters. The molecule has 5 atom stereocenters. The molecule has 98 heavy (non-hydrogen) atoms. The molecule has 0 aromatic rings. The zero-order chi connectivity index (χ0) is 72.3. The highest BCUT2D eigenvalue weighted by atomic mass is 31.2. The highest BCUT2D eigenvalue weighted by Gasteiger charge is 2.30. The van der Waals surface area contributed by atoms with Crippen molar-refractivity contribution in [2.24, 2.45) is 17.8 Å². The largest absolute Gasteiger partial charge is 0.472 e. The van der Waals surface area contributed by atoms with Crippen molar-refractivity contribution in [3.05, 3.63) is 0 Å². The van der Waals surface area contributed by atoms with Gasteiger partial charge in [-0.1, -0.05) is 357 Å². The summed E-state index contributed by atoms with van der Waals surface area (Å²) in [5, 5.41) is 10.6. The molecule has 3 N–H and O–H groups in total. The molecule has 582 valence electrons. The summed E-state index contributed by atoms with van der Waals surface area (Å²) < 4.78 is 68.6. The Morgan fingerprint density at radius 3 is 0.694 bits per heavy atom. The van der Waals surface area contributed by atoms with Crippen molar-refractivity contribution in [3.8, 4) is 0 Å². The zero-order valence-corrected chi connectivity index (χ0v) is 66.0. The molecule has 0 aromatic carbocycles. The fourth-order valence-electron chi connectivity index (χ4n) is 12.1. The van der Waals surface area contributed by atoms with E-state index < -0.39 is 97.5 Å². The van der Waals surface area contributed by atoms with Gasteiger partial charge in [0.05, 0.1) is 26.4 Å². The molecule has 0 saturated carbocycles. The maximum absolute atomic E-state index is 13.1. The van der Waals surface area contributed by atoms with Crippen LogP contribution >= 0.6 is 15.6 Å². The summed E-state index contributed by atoms with van der Waals surface area (Å²) in [5.74, 6) is 0.247. The molecule has 0 aliphatic carbocycles. The Morgan fingerprint density at radius 2 is 0.469 bits per heavy atom. The SMILES string of the molecule is CCCCCCCCCCC(=O)OC[C@H](COP(=O)(O)OC[C@H](O)COP(=O)(O)OC[C@@H](COC(=O)CCCCCCCCCCCCCCCC(C)C)OC(=O)CCCCCCCCCCCCCCCCCCCCC(C)C)OC(=O)CCCCCCCCCCCCC(C)C. The molecule has 0 bridgehead atoms. The first-order chi connectivity index (χ1) is 47.2. The van der Waals surface area contributed by atoms with Gasteiger partial charge < -0.3 is 33.8 Å². The lowest BCUT2D eigenvalue weighted by molar-refractivity contribution is -0.161. The van der Waals surface area contributed by atoms with E-state index in [-0.39, 0.29) is 25.7 Å². The fourth-order valence-corrected chi connectivity index (χ4v) is 13.7. The molecule has 0 saturated heterocycles. The summed E-state index contributed by atoms with van der Waals surface area (Å²) in [6.07, 6.45) is 57.0. The van der Waals surface area contributed by atoms with E-state index in [2.05, 4.69) is 48.5 Å². The second-order valence-corrected chi connectivity index (χ2v) is 32.8. The van der Waals surface area contributed by atoms with Crippen molar-refractivity contribution in [2.75, 3.05) is 39.6 Å². The van der Waals surface area contributed by atoms with Gasteiger partial charge >= 0.3 is 39.5 Å². The van der Waals surface area contributed by atoms with Crippen LogP contribution in [0.5, 0.6) is 0 Å². The number of hydrogen-bond donors (Lipinski definition) is 3. The van der Waals surface area contributed by atoms with Crippen molar-refractivity contribution in [2.45, 2.75) is 426 Å². The number of ether oxygens (including phenoxy) is 4. The van der Waals surface area contributed by atoms with Crippen molar-refractivity contribution in [1.29, 1.82) is 0 Å². The quantitative estimate of drug-likeness (QED) is 0.0222. The van der Waals surface area contributed by atoms with Gasteiger partial charge in [0, 0.05) is 25.7 Å². The van der Waals surface area contributed by atoms with E-state index in [0.29, 0.717) is 25.7 Å². The number of phosphoric acid groups is 2. The molecule has 19 heteroatoms. The number of carbonyl (C=O) groups is 4. The standard InChI is InChI=1S/C79H154O17P2/c1-8-9-10-11-12-39-46-53-60-76(81)89-66-74(95-79(84)63-56-49-42-35-29-28-32-38-45-52-59-72(6)7)68-93-97(85,86)91-64-73(80)65-92-98(87,88)94-69-75(67-90-77(82)61-54-47-40-33-26-23-19-21-25-31-37-44-51-58-71(4)5)96-78(83)62-55-48-41-34-27-22-18-16-14-13-15-17-20-24-30-36-43-50-57-70(2)3/h70-75,80H,8-69H2,1-7H3,(H,85,86)(H,87,88)/t73-,74+,75+/m0/s1. The lowest BCUT2D eigenvalue weighted by atomic mass is 10.0. The van der Waals surface area contributed by atoms with Crippen molar-refractivity contribution < 1.29 is 80.2 Å². The number of hydrogen-bond acceptors (Lipinski definition) is 15. The summed E-state index contributed by atoms with van der Waals surface area (Å²) in [6, 6.07) is 0. The lowest BCUT2D eigenvalue weighted by Crippen LogP contribution is -2.30. The van der Waals surface area contributed by atoms with Crippen LogP contribution in [-0.2, 0) is 65.4 Å². The molecule has 0 aliphatic rings. The topological polar surface area (TPSA) is 237 Å². The maximum Gasteiger partial charge on any atom is 0.472 e. The van der Waals surface area contributed by atoms with Crippen molar-refractivity contribution in [3.63, 3.8) is 0 Å². The fraction of sp³-hybridized carbons (Fsp3) is 0.949. The first kappa shape index (κ1) is 96.1. The second-order valence-electron chi connectivity index (χ2n) is 29.9. The minimum atomic E-state index is -4.96.